The zero-order valence-electron chi connectivity index (χ0n) is 23.1. The van der Waals surface area contributed by atoms with E-state index in [0.717, 1.165) is 60.6 Å². The number of hydrogen-bond donors (Lipinski definition) is 3. The predicted molar refractivity (Wildman–Crippen MR) is 164 cm³/mol. The molecule has 9 nitrogen and oxygen atoms in total. The Kier molecular flexibility index (Phi) is 11.4. The summed E-state index contributed by atoms with van der Waals surface area (Å²) >= 11 is 8.18. The standard InChI is InChI=1S/C28H29ClF3N7O2S2/c1-17(26-37-16-22(43-26)25(41)39-23-14-20(28(30,31)32)21(29)15-36-23)38-24(40)18-7-4-6-9-33-19(13-18)8-3-2-5-10-34-27-35-11-12-42-27/h6,9,11-17H,2-5,7-8,10H2,1H3,(H,34,35)(H,38,40)(H,36,39,41)/b9-6-,18-13+,33-19-. The molecule has 0 bridgehead atoms. The number of aliphatic imine (C=N–C) groups is 1. The summed E-state index contributed by atoms with van der Waals surface area (Å²) in [5.41, 5.74) is 0.330. The maximum atomic E-state index is 13.2. The quantitative estimate of drug-likeness (QED) is 0.175. The third-order valence-corrected chi connectivity index (χ3v) is 8.46. The Morgan fingerprint density at radius 1 is 1.12 bits per heavy atom. The second-order valence-corrected chi connectivity index (χ2v) is 11.9. The van der Waals surface area contributed by atoms with Gasteiger partial charge in [0.2, 0.25) is 5.91 Å². The van der Waals surface area contributed by atoms with Crippen molar-refractivity contribution < 1.29 is 22.8 Å². The van der Waals surface area contributed by atoms with E-state index in [1.54, 1.807) is 30.7 Å². The number of aromatic nitrogens is 3. The molecule has 0 aliphatic carbocycles. The van der Waals surface area contributed by atoms with Crippen LogP contribution in [0.15, 0.2) is 59.0 Å². The van der Waals surface area contributed by atoms with E-state index in [2.05, 4.69) is 35.9 Å². The summed E-state index contributed by atoms with van der Waals surface area (Å²) in [6, 6.07) is 0.152. The van der Waals surface area contributed by atoms with E-state index in [0.29, 0.717) is 29.5 Å². The number of thiazole rings is 2. The molecular weight excluding hydrogens is 623 g/mol. The van der Waals surface area contributed by atoms with Crippen LogP contribution in [0.5, 0.6) is 0 Å². The number of unbranched alkanes of at least 4 members (excludes halogenated alkanes) is 2. The van der Waals surface area contributed by atoms with Crippen LogP contribution in [-0.2, 0) is 11.0 Å². The Bertz CT molecular complexity index is 1500. The fourth-order valence-electron chi connectivity index (χ4n) is 4.05. The Morgan fingerprint density at radius 2 is 1.95 bits per heavy atom. The lowest BCUT2D eigenvalue weighted by Gasteiger charge is -2.14. The van der Waals surface area contributed by atoms with Crippen molar-refractivity contribution in [3.8, 4) is 0 Å². The van der Waals surface area contributed by atoms with Gasteiger partial charge in [0.25, 0.3) is 5.91 Å². The topological polar surface area (TPSA) is 121 Å². The van der Waals surface area contributed by atoms with Gasteiger partial charge in [-0.15, -0.1) is 22.7 Å². The molecule has 3 aromatic heterocycles. The van der Waals surface area contributed by atoms with Gasteiger partial charge in [-0.25, -0.2) is 15.0 Å². The zero-order chi connectivity index (χ0) is 30.8. The number of allylic oxidation sites excluding steroid dienone is 2. The lowest BCUT2D eigenvalue weighted by Crippen LogP contribution is -2.28. The molecule has 0 fully saturated rings. The van der Waals surface area contributed by atoms with Crippen molar-refractivity contribution in [1.82, 2.24) is 20.3 Å². The largest absolute Gasteiger partial charge is 0.418 e. The van der Waals surface area contributed by atoms with Crippen molar-refractivity contribution in [2.75, 3.05) is 17.2 Å². The molecule has 3 aromatic rings. The number of amides is 2. The van der Waals surface area contributed by atoms with Crippen LogP contribution < -0.4 is 16.0 Å². The summed E-state index contributed by atoms with van der Waals surface area (Å²) in [6.07, 6.45) is 9.64. The van der Waals surface area contributed by atoms with E-state index in [1.807, 2.05) is 17.5 Å². The summed E-state index contributed by atoms with van der Waals surface area (Å²) in [5, 5.41) is 11.3. The molecule has 1 atom stereocenters. The van der Waals surface area contributed by atoms with E-state index >= 15 is 0 Å². The molecule has 0 saturated carbocycles. The van der Waals surface area contributed by atoms with Crippen molar-refractivity contribution in [3.63, 3.8) is 0 Å². The monoisotopic (exact) mass is 651 g/mol. The maximum Gasteiger partial charge on any atom is 0.418 e. The van der Waals surface area contributed by atoms with Crippen LogP contribution in [0.25, 0.3) is 0 Å². The highest BCUT2D eigenvalue weighted by atomic mass is 35.5. The van der Waals surface area contributed by atoms with Crippen molar-refractivity contribution in [1.29, 1.82) is 0 Å². The van der Waals surface area contributed by atoms with E-state index in [-0.39, 0.29) is 16.6 Å². The van der Waals surface area contributed by atoms with Gasteiger partial charge in [-0.1, -0.05) is 24.1 Å². The van der Waals surface area contributed by atoms with Crippen LogP contribution in [0.2, 0.25) is 5.02 Å². The highest BCUT2D eigenvalue weighted by Crippen LogP contribution is 2.35. The molecule has 228 valence electrons. The van der Waals surface area contributed by atoms with Gasteiger partial charge in [0, 0.05) is 41.8 Å². The Labute approximate surface area is 259 Å². The third-order valence-electron chi connectivity index (χ3n) is 6.24. The fraction of sp³-hybridized carbons (Fsp3) is 0.357. The number of nitrogens with zero attached hydrogens (tertiary/aromatic N) is 4. The first kappa shape index (κ1) is 32.3. The summed E-state index contributed by atoms with van der Waals surface area (Å²) in [6.45, 7) is 2.59. The number of anilines is 2. The lowest BCUT2D eigenvalue weighted by atomic mass is 10.0. The van der Waals surface area contributed by atoms with Crippen LogP contribution in [0, 0.1) is 0 Å². The molecule has 1 aliphatic heterocycles. The number of hydrogen-bond acceptors (Lipinski definition) is 9. The van der Waals surface area contributed by atoms with E-state index in [9.17, 15) is 22.8 Å². The van der Waals surface area contributed by atoms with Gasteiger partial charge >= 0.3 is 6.18 Å². The molecule has 0 spiro atoms. The summed E-state index contributed by atoms with van der Waals surface area (Å²) in [7, 11) is 0. The van der Waals surface area contributed by atoms with Gasteiger partial charge in [-0.2, -0.15) is 13.2 Å². The average molecular weight is 652 g/mol. The zero-order valence-corrected chi connectivity index (χ0v) is 25.5. The number of halogens is 4. The maximum absolute atomic E-state index is 13.2. The summed E-state index contributed by atoms with van der Waals surface area (Å²) < 4.78 is 39.4. The number of alkyl halides is 3. The number of nitrogens with one attached hydrogen (secondary N) is 3. The van der Waals surface area contributed by atoms with Crippen molar-refractivity contribution in [2.45, 2.75) is 57.7 Å². The van der Waals surface area contributed by atoms with Gasteiger partial charge < -0.3 is 16.0 Å². The normalized spacial score (nSPS) is 17.4. The minimum Gasteiger partial charge on any atom is -0.362 e. The van der Waals surface area contributed by atoms with Gasteiger partial charge in [0.1, 0.15) is 15.7 Å². The average Bonchev–Trinajstić information content (AvgIpc) is 3.65. The number of rotatable bonds is 12. The molecule has 1 unspecified atom stereocenters. The number of carbonyl (C=O) groups is 2. The first-order valence-corrected chi connectivity index (χ1v) is 15.5. The van der Waals surface area contributed by atoms with Crippen molar-refractivity contribution in [2.24, 2.45) is 4.99 Å². The molecule has 4 rings (SSSR count). The molecule has 3 N–H and O–H groups in total. The molecule has 0 saturated heterocycles. The van der Waals surface area contributed by atoms with Crippen molar-refractivity contribution in [3.05, 3.63) is 74.4 Å². The minimum absolute atomic E-state index is 0.146. The highest BCUT2D eigenvalue weighted by Gasteiger charge is 2.34. The van der Waals surface area contributed by atoms with E-state index in [4.69, 9.17) is 11.6 Å². The highest BCUT2D eigenvalue weighted by molar-refractivity contribution is 7.14. The first-order valence-electron chi connectivity index (χ1n) is 13.5. The van der Waals surface area contributed by atoms with Crippen LogP contribution in [-0.4, -0.2) is 39.0 Å². The summed E-state index contributed by atoms with van der Waals surface area (Å²) in [4.78, 5) is 42.7. The molecule has 0 aromatic carbocycles. The van der Waals surface area contributed by atoms with Crippen LogP contribution >= 0.6 is 34.3 Å². The number of pyridine rings is 1. The Balaban J connectivity index is 1.30. The minimum atomic E-state index is -4.69. The molecule has 4 heterocycles. The lowest BCUT2D eigenvalue weighted by molar-refractivity contribution is -0.137. The van der Waals surface area contributed by atoms with Gasteiger partial charge in [-0.3, -0.25) is 14.6 Å². The predicted octanol–water partition coefficient (Wildman–Crippen LogP) is 7.44. The second kappa shape index (κ2) is 15.2. The third kappa shape index (κ3) is 9.70. The first-order chi connectivity index (χ1) is 20.6. The van der Waals surface area contributed by atoms with Crippen LogP contribution in [0.3, 0.4) is 0 Å². The molecular formula is C28H29ClF3N7O2S2. The summed E-state index contributed by atoms with van der Waals surface area (Å²) in [5.74, 6) is -1.23. The fourth-order valence-corrected chi connectivity index (χ4v) is 5.63. The van der Waals surface area contributed by atoms with Gasteiger partial charge in [-0.05, 0) is 51.2 Å². The van der Waals surface area contributed by atoms with Crippen LogP contribution in [0.1, 0.15) is 71.7 Å². The van der Waals surface area contributed by atoms with Gasteiger partial charge in [0.15, 0.2) is 5.13 Å². The molecule has 43 heavy (non-hydrogen) atoms. The number of carbonyl (C=O) groups excluding carboxylic acids is 2. The molecule has 15 heteroatoms. The smallest absolute Gasteiger partial charge is 0.362 e. The second-order valence-electron chi connectivity index (χ2n) is 9.55. The van der Waals surface area contributed by atoms with Crippen molar-refractivity contribution >= 4 is 62.7 Å². The molecule has 0 radical (unpaired) electrons. The van der Waals surface area contributed by atoms with E-state index in [1.165, 1.54) is 6.20 Å². The SMILES string of the molecule is CC(NC(=O)/C1=C/C(CCCCCNc2nccs2)=N\C=C/CC1)c1ncc(C(=O)Nc2cc(C(F)(F)F)c(Cl)cn2)s1. The van der Waals surface area contributed by atoms with Crippen LogP contribution in [0.4, 0.5) is 24.1 Å². The Hall–Kier alpha value is -3.62. The van der Waals surface area contributed by atoms with E-state index < -0.39 is 28.7 Å². The van der Waals surface area contributed by atoms with Gasteiger partial charge in [0.05, 0.1) is 22.8 Å². The molecule has 2 amide bonds. The Morgan fingerprint density at radius 3 is 2.72 bits per heavy atom. The molecule has 1 aliphatic rings.